The Morgan fingerprint density at radius 2 is 2.00 bits per heavy atom. The van der Waals surface area contributed by atoms with Gasteiger partial charge in [-0.2, -0.15) is 0 Å². The molecule has 26 heavy (non-hydrogen) atoms. The van der Waals surface area contributed by atoms with Gasteiger partial charge < -0.3 is 4.90 Å². The van der Waals surface area contributed by atoms with Crippen molar-refractivity contribution in [3.63, 3.8) is 0 Å². The van der Waals surface area contributed by atoms with Gasteiger partial charge in [-0.25, -0.2) is 4.39 Å². The molecule has 1 aliphatic rings. The molecule has 0 unspecified atom stereocenters. The molecule has 2 aromatic rings. The van der Waals surface area contributed by atoms with E-state index in [-0.39, 0.29) is 23.6 Å². The molecule has 1 amide bonds. The topological polar surface area (TPSA) is 23.6 Å². The number of hydrogen-bond donors (Lipinski definition) is 0. The molecule has 0 aromatic heterocycles. The van der Waals surface area contributed by atoms with E-state index >= 15 is 0 Å². The molecule has 3 rings (SSSR count). The van der Waals surface area contributed by atoms with Gasteiger partial charge in [-0.15, -0.1) is 11.8 Å². The first-order chi connectivity index (χ1) is 12.4. The number of hydrogen-bond acceptors (Lipinski definition) is 3. The van der Waals surface area contributed by atoms with Crippen LogP contribution in [0.25, 0.3) is 0 Å². The van der Waals surface area contributed by atoms with Crippen molar-refractivity contribution in [2.45, 2.75) is 11.9 Å². The summed E-state index contributed by atoms with van der Waals surface area (Å²) in [6.07, 6.45) is 0. The molecule has 1 aliphatic heterocycles. The molecule has 138 valence electrons. The maximum absolute atomic E-state index is 13.2. The first-order valence-corrected chi connectivity index (χ1v) is 10.0. The van der Waals surface area contributed by atoms with Gasteiger partial charge in [-0.1, -0.05) is 41.4 Å². The molecule has 0 spiro atoms. The predicted octanol–water partition coefficient (Wildman–Crippen LogP) is 4.84. The molecule has 0 saturated carbocycles. The summed E-state index contributed by atoms with van der Waals surface area (Å²) in [4.78, 5) is 16.6. The summed E-state index contributed by atoms with van der Waals surface area (Å²) in [5.41, 5.74) is 1.88. The highest BCUT2D eigenvalue weighted by atomic mass is 35.5. The lowest BCUT2D eigenvalue weighted by Gasteiger charge is -2.27. The van der Waals surface area contributed by atoms with Gasteiger partial charge >= 0.3 is 0 Å². The summed E-state index contributed by atoms with van der Waals surface area (Å²) < 4.78 is 13.2. The highest BCUT2D eigenvalue weighted by Gasteiger charge is 2.30. The van der Waals surface area contributed by atoms with Gasteiger partial charge in [-0.3, -0.25) is 9.69 Å². The van der Waals surface area contributed by atoms with Gasteiger partial charge in [-0.05, 0) is 42.4 Å². The Labute approximate surface area is 167 Å². The van der Waals surface area contributed by atoms with Crippen LogP contribution in [0.5, 0.6) is 0 Å². The van der Waals surface area contributed by atoms with Crippen molar-refractivity contribution < 1.29 is 9.18 Å². The van der Waals surface area contributed by atoms with Gasteiger partial charge in [0.05, 0.1) is 6.54 Å². The fraction of sp³-hybridized carbons (Fsp3) is 0.316. The first-order valence-electron chi connectivity index (χ1n) is 8.23. The van der Waals surface area contributed by atoms with Gasteiger partial charge in [0, 0.05) is 28.9 Å². The molecular formula is C19H19Cl2FN2OS. The maximum Gasteiger partial charge on any atom is 0.237 e. The van der Waals surface area contributed by atoms with E-state index < -0.39 is 0 Å². The molecular weight excluding hydrogens is 394 g/mol. The van der Waals surface area contributed by atoms with Gasteiger partial charge in [0.25, 0.3) is 0 Å². The van der Waals surface area contributed by atoms with Gasteiger partial charge in [0.1, 0.15) is 11.2 Å². The lowest BCUT2D eigenvalue weighted by molar-refractivity contribution is -0.132. The van der Waals surface area contributed by atoms with E-state index in [0.29, 0.717) is 23.1 Å². The zero-order valence-electron chi connectivity index (χ0n) is 14.3. The molecule has 1 atom stereocenters. The number of carbonyl (C=O) groups is 1. The molecule has 0 radical (unpaired) electrons. The smallest absolute Gasteiger partial charge is 0.237 e. The second-order valence-corrected chi connectivity index (χ2v) is 8.30. The number of nitrogens with zero attached hydrogens (tertiary/aromatic N) is 2. The zero-order chi connectivity index (χ0) is 18.7. The number of rotatable bonds is 5. The van der Waals surface area contributed by atoms with Gasteiger partial charge in [0.15, 0.2) is 0 Å². The second-order valence-electron chi connectivity index (χ2n) is 6.27. The highest BCUT2D eigenvalue weighted by Crippen LogP contribution is 2.38. The standard InChI is InChI=1S/C19H19Cl2FN2OS/c1-23(11-14-2-5-15(20)10-17(14)21)12-18(25)24-8-9-26-19(24)13-3-6-16(22)7-4-13/h2-7,10,19H,8-9,11-12H2,1H3/t19-/m0/s1. The van der Waals surface area contributed by atoms with Crippen LogP contribution in [0, 0.1) is 5.82 Å². The normalized spacial score (nSPS) is 17.1. The first kappa shape index (κ1) is 19.5. The van der Waals surface area contributed by atoms with E-state index in [9.17, 15) is 9.18 Å². The third-order valence-corrected chi connectivity index (χ3v) is 6.07. The maximum atomic E-state index is 13.2. The molecule has 1 heterocycles. The lowest BCUT2D eigenvalue weighted by atomic mass is 10.2. The van der Waals surface area contributed by atoms with E-state index in [1.807, 2.05) is 22.9 Å². The van der Waals surface area contributed by atoms with Crippen LogP contribution in [-0.4, -0.2) is 41.6 Å². The van der Waals surface area contributed by atoms with Crippen LogP contribution in [0.1, 0.15) is 16.5 Å². The molecule has 1 fully saturated rings. The second kappa shape index (κ2) is 8.61. The monoisotopic (exact) mass is 412 g/mol. The van der Waals surface area contributed by atoms with Crippen LogP contribution in [0.3, 0.4) is 0 Å². The molecule has 3 nitrogen and oxygen atoms in total. The van der Waals surface area contributed by atoms with Crippen LogP contribution in [0.2, 0.25) is 10.0 Å². The summed E-state index contributed by atoms with van der Waals surface area (Å²) in [6.45, 7) is 1.54. The summed E-state index contributed by atoms with van der Waals surface area (Å²) in [5, 5.41) is 1.13. The average molecular weight is 413 g/mol. The van der Waals surface area contributed by atoms with Crippen molar-refractivity contribution >= 4 is 40.9 Å². The van der Waals surface area contributed by atoms with Crippen LogP contribution >= 0.6 is 35.0 Å². The Morgan fingerprint density at radius 1 is 1.27 bits per heavy atom. The highest BCUT2D eigenvalue weighted by molar-refractivity contribution is 7.99. The Bertz CT molecular complexity index is 788. The summed E-state index contributed by atoms with van der Waals surface area (Å²) >= 11 is 13.8. The van der Waals surface area contributed by atoms with E-state index in [0.717, 1.165) is 16.9 Å². The molecule has 1 saturated heterocycles. The minimum Gasteiger partial charge on any atom is -0.325 e. The van der Waals surface area contributed by atoms with Gasteiger partial charge in [0.2, 0.25) is 5.91 Å². The van der Waals surface area contributed by atoms with Crippen molar-refractivity contribution in [3.05, 3.63) is 69.5 Å². The Kier molecular flexibility index (Phi) is 6.46. The Morgan fingerprint density at radius 3 is 2.69 bits per heavy atom. The largest absolute Gasteiger partial charge is 0.325 e. The van der Waals surface area contributed by atoms with Crippen LogP contribution < -0.4 is 0 Å². The zero-order valence-corrected chi connectivity index (χ0v) is 16.6. The van der Waals surface area contributed by atoms with Crippen LogP contribution in [-0.2, 0) is 11.3 Å². The Balaban J connectivity index is 1.63. The molecule has 7 heteroatoms. The third kappa shape index (κ3) is 4.71. The summed E-state index contributed by atoms with van der Waals surface area (Å²) in [5.74, 6) is 0.659. The van der Waals surface area contributed by atoms with Crippen LogP contribution in [0.4, 0.5) is 4.39 Å². The predicted molar refractivity (Wildman–Crippen MR) is 106 cm³/mol. The van der Waals surface area contributed by atoms with Crippen molar-refractivity contribution in [1.82, 2.24) is 9.80 Å². The van der Waals surface area contributed by atoms with Crippen molar-refractivity contribution in [2.24, 2.45) is 0 Å². The molecule has 0 aliphatic carbocycles. The van der Waals surface area contributed by atoms with E-state index in [4.69, 9.17) is 23.2 Å². The van der Waals surface area contributed by atoms with E-state index in [1.54, 1.807) is 36.0 Å². The minimum atomic E-state index is -0.269. The number of benzene rings is 2. The number of likely N-dealkylation sites (N-methyl/N-ethyl adjacent to an activating group) is 1. The van der Waals surface area contributed by atoms with E-state index in [1.165, 1.54) is 12.1 Å². The minimum absolute atomic E-state index is 0.0527. The quantitative estimate of drug-likeness (QED) is 0.701. The summed E-state index contributed by atoms with van der Waals surface area (Å²) in [6, 6.07) is 11.7. The number of carbonyl (C=O) groups excluding carboxylic acids is 1. The van der Waals surface area contributed by atoms with E-state index in [2.05, 4.69) is 0 Å². The number of thioether (sulfide) groups is 1. The Hall–Kier alpha value is -1.27. The third-order valence-electron chi connectivity index (χ3n) is 4.23. The summed E-state index contributed by atoms with van der Waals surface area (Å²) in [7, 11) is 1.89. The number of halogens is 3. The SMILES string of the molecule is CN(CC(=O)N1CCS[C@H]1c1ccc(F)cc1)Cc1ccc(Cl)cc1Cl. The molecule has 2 aromatic carbocycles. The fourth-order valence-corrected chi connectivity index (χ4v) is 4.69. The van der Waals surface area contributed by atoms with Crippen LogP contribution in [0.15, 0.2) is 42.5 Å². The van der Waals surface area contributed by atoms with Crippen molar-refractivity contribution in [3.8, 4) is 0 Å². The lowest BCUT2D eigenvalue weighted by Crippen LogP contribution is -2.38. The average Bonchev–Trinajstić information content (AvgIpc) is 3.08. The molecule has 0 bridgehead atoms. The molecule has 0 N–H and O–H groups in total. The van der Waals surface area contributed by atoms with Crippen molar-refractivity contribution in [1.29, 1.82) is 0 Å². The fourth-order valence-electron chi connectivity index (χ4n) is 2.95. The van der Waals surface area contributed by atoms with Crippen molar-refractivity contribution in [2.75, 3.05) is 25.9 Å². The number of amides is 1.